The fourth-order valence-corrected chi connectivity index (χ4v) is 13.1. The molecule has 3 heterocycles. The van der Waals surface area contributed by atoms with Crippen molar-refractivity contribution >= 4 is 63.1 Å². The van der Waals surface area contributed by atoms with Crippen molar-refractivity contribution in [2.24, 2.45) is 16.6 Å². The van der Waals surface area contributed by atoms with Gasteiger partial charge in [0, 0.05) is 93.5 Å². The molecule has 5 atom stereocenters. The number of benzene rings is 4. The molecule has 3 aliphatic heterocycles. The molecular formula is C76H101F4N5O26S. The van der Waals surface area contributed by atoms with Gasteiger partial charge in [-0.05, 0) is 72.4 Å². The van der Waals surface area contributed by atoms with E-state index >= 15 is 0 Å². The molecule has 3 aliphatic rings. The third kappa shape index (κ3) is 30.4. The maximum atomic E-state index is 13.9. The van der Waals surface area contributed by atoms with E-state index in [1.165, 1.54) is 28.6 Å². The topological polar surface area (TPSA) is 404 Å². The standard InChI is InChI=1S/C76H101F4N5O26S/c1-3-17-84(18-4-2)73(92)56-40-54-13-12-53(43-62(54)83-64(81)44-56)52-7-5-10-59(42-52)112(96,97)85-47-51(48-85)46-82-76(95)108-49-50-11-14-63(109-75-70(91)68(89)69(90)72(111-75)74(93)94)55(39-50)41-58(87)9-6-8-57(86)15-19-98-21-23-100-25-27-102-29-31-104-33-35-106-37-38-107-36-34-105-32-30-103-28-26-101-24-22-99-20-16-65(88)110-71-66(79)60(77)45-61(78)67(71)80/h5,7,10-14,39-40,42-43,45,51,68-70,72,75,89-91H,3-4,6,8-9,15-38,41,44,46-49H2,1-2H3,(H2,81,83)(H,82,95)(H,93,94)/t68-,69-,70+,72-,75+/m0/s1. The van der Waals surface area contributed by atoms with Crippen molar-refractivity contribution in [3.05, 3.63) is 112 Å². The van der Waals surface area contributed by atoms with Gasteiger partial charge in [-0.2, -0.15) is 13.1 Å². The van der Waals surface area contributed by atoms with Gasteiger partial charge in [-0.3, -0.25) is 19.2 Å². The molecule has 36 heteroatoms. The van der Waals surface area contributed by atoms with Gasteiger partial charge in [0.25, 0.3) is 0 Å². The number of nitrogens with zero attached hydrogens (tertiary/aromatic N) is 3. The van der Waals surface area contributed by atoms with E-state index in [0.29, 0.717) is 126 Å². The van der Waals surface area contributed by atoms with E-state index in [2.05, 4.69) is 15.0 Å². The Morgan fingerprint density at radius 1 is 0.625 bits per heavy atom. The minimum Gasteiger partial charge on any atom is -0.479 e. The zero-order chi connectivity index (χ0) is 80.8. The van der Waals surface area contributed by atoms with Crippen LogP contribution in [0.25, 0.3) is 17.2 Å². The number of halogens is 4. The first-order valence-corrected chi connectivity index (χ1v) is 38.4. The van der Waals surface area contributed by atoms with Crippen LogP contribution in [-0.4, -0.2) is 275 Å². The van der Waals surface area contributed by atoms with Crippen molar-refractivity contribution in [1.82, 2.24) is 14.5 Å². The van der Waals surface area contributed by atoms with Crippen molar-refractivity contribution in [2.45, 2.75) is 114 Å². The van der Waals surface area contributed by atoms with Crippen molar-refractivity contribution in [3.63, 3.8) is 0 Å². The summed E-state index contributed by atoms with van der Waals surface area (Å²) in [6.45, 7) is 10.7. The van der Waals surface area contributed by atoms with Crippen molar-refractivity contribution in [3.8, 4) is 22.6 Å². The van der Waals surface area contributed by atoms with Gasteiger partial charge in [0.05, 0.1) is 149 Å². The SMILES string of the molecule is CCCN(CCC)C(=O)C1=Cc2ccc(-c3cccc(S(=O)(=O)N4CC(CNC(=O)OCc5ccc(O[C@@H]6O[C@H](C(=O)O)[C@@H](O)[C@H](O)[C@H]6O)c(CC(=O)CCCC(=O)CCOCCOCCOCCOCCOCCOCCOCCOCCOCCOCCC(=O)Oc6c(F)c(F)cc(F)c6F)c5)C4)c3)cc2N=C(N)C1. The number of carbonyl (C=O) groups is 6. The average Bonchev–Trinajstić information content (AvgIpc) is 0.869. The molecule has 112 heavy (non-hydrogen) atoms. The predicted octanol–water partition coefficient (Wildman–Crippen LogP) is 5.56. The van der Waals surface area contributed by atoms with Gasteiger partial charge in [0.15, 0.2) is 17.7 Å². The second-order valence-corrected chi connectivity index (χ2v) is 27.9. The van der Waals surface area contributed by atoms with Crippen molar-refractivity contribution in [1.29, 1.82) is 0 Å². The van der Waals surface area contributed by atoms with Crippen LogP contribution < -0.4 is 20.5 Å². The zero-order valence-electron chi connectivity index (χ0n) is 62.8. The smallest absolute Gasteiger partial charge is 0.407 e. The van der Waals surface area contributed by atoms with Crippen LogP contribution in [0.1, 0.15) is 81.9 Å². The number of carboxylic acid groups (broad SMARTS) is 1. The number of aliphatic carboxylic acids is 1. The number of carbonyl (C=O) groups excluding carboxylic acids is 5. The van der Waals surface area contributed by atoms with E-state index in [0.717, 1.165) is 12.8 Å². The molecule has 2 amide bonds. The second-order valence-electron chi connectivity index (χ2n) is 26.0. The lowest BCUT2D eigenvalue weighted by Crippen LogP contribution is -2.61. The van der Waals surface area contributed by atoms with Crippen LogP contribution in [0.3, 0.4) is 0 Å². The molecule has 620 valence electrons. The van der Waals surface area contributed by atoms with E-state index in [1.807, 2.05) is 43.0 Å². The lowest BCUT2D eigenvalue weighted by atomic mass is 9.98. The number of amidine groups is 1. The number of hydrogen-bond acceptors (Lipinski definition) is 27. The van der Waals surface area contributed by atoms with Crippen LogP contribution >= 0.6 is 0 Å². The fourth-order valence-electron chi connectivity index (χ4n) is 11.4. The number of ketones is 2. The number of hydrogen-bond donors (Lipinski definition) is 6. The second kappa shape index (κ2) is 48.9. The molecule has 0 aromatic heterocycles. The molecule has 0 aliphatic carbocycles. The van der Waals surface area contributed by atoms with Gasteiger partial charge in [-0.25, -0.2) is 31.8 Å². The molecule has 2 saturated heterocycles. The number of fused-ring (bicyclic) bond motifs is 1. The summed E-state index contributed by atoms with van der Waals surface area (Å²) in [6.07, 6.45) is -7.23. The molecule has 4 aromatic rings. The number of ether oxygens (including phenoxy) is 14. The highest BCUT2D eigenvalue weighted by molar-refractivity contribution is 7.89. The van der Waals surface area contributed by atoms with Gasteiger partial charge in [0.1, 0.15) is 48.1 Å². The molecule has 0 spiro atoms. The molecule has 0 bridgehead atoms. The number of nitrogens with two attached hydrogens (primary N) is 1. The number of nitrogens with one attached hydrogen (secondary N) is 1. The van der Waals surface area contributed by atoms with Crippen LogP contribution in [-0.2, 0) is 104 Å². The molecule has 2 fully saturated rings. The number of rotatable bonds is 55. The fraction of sp³-hybridized carbons (Fsp3) is 0.566. The number of esters is 1. The summed E-state index contributed by atoms with van der Waals surface area (Å²) in [5.74, 6) is -11.8. The highest BCUT2D eigenvalue weighted by Crippen LogP contribution is 2.35. The summed E-state index contributed by atoms with van der Waals surface area (Å²) < 4.78 is 158. The summed E-state index contributed by atoms with van der Waals surface area (Å²) >= 11 is 0. The van der Waals surface area contributed by atoms with Crippen LogP contribution in [0, 0.1) is 29.2 Å². The number of aliphatic imine (C=N–C) groups is 1. The monoisotopic (exact) mass is 1610 g/mol. The van der Waals surface area contributed by atoms with E-state index in [-0.39, 0.29) is 169 Å². The number of aliphatic hydroxyl groups excluding tert-OH is 3. The van der Waals surface area contributed by atoms with Crippen LogP contribution in [0.4, 0.5) is 28.0 Å². The quantitative estimate of drug-likeness (QED) is 0.0104. The number of sulfonamides is 1. The third-order valence-electron chi connectivity index (χ3n) is 17.3. The Labute approximate surface area is 646 Å². The van der Waals surface area contributed by atoms with E-state index < -0.39 is 94.2 Å². The van der Waals surface area contributed by atoms with Gasteiger partial charge in [-0.15, -0.1) is 0 Å². The lowest BCUT2D eigenvalue weighted by Gasteiger charge is -2.38. The third-order valence-corrected chi connectivity index (χ3v) is 19.1. The van der Waals surface area contributed by atoms with Gasteiger partial charge in [0.2, 0.25) is 39.6 Å². The number of alkyl carbamates (subject to hydrolysis) is 1. The molecule has 31 nitrogen and oxygen atoms in total. The summed E-state index contributed by atoms with van der Waals surface area (Å²) in [5.41, 5.74) is 10.0. The Balaban J connectivity index is 0.692. The largest absolute Gasteiger partial charge is 0.479 e. The average molecular weight is 1610 g/mol. The molecule has 0 saturated carbocycles. The predicted molar refractivity (Wildman–Crippen MR) is 392 cm³/mol. The zero-order valence-corrected chi connectivity index (χ0v) is 63.6. The van der Waals surface area contributed by atoms with Crippen molar-refractivity contribution in [2.75, 3.05) is 165 Å². The number of carboxylic acids is 1. The maximum Gasteiger partial charge on any atom is 0.407 e. The van der Waals surface area contributed by atoms with Crippen LogP contribution in [0.15, 0.2) is 82.2 Å². The minimum absolute atomic E-state index is 0.00285. The molecule has 0 radical (unpaired) electrons. The van der Waals surface area contributed by atoms with Gasteiger partial charge >= 0.3 is 18.0 Å². The Morgan fingerprint density at radius 3 is 1.70 bits per heavy atom. The van der Waals surface area contributed by atoms with Gasteiger partial charge in [-0.1, -0.05) is 44.2 Å². The highest BCUT2D eigenvalue weighted by Gasteiger charge is 2.48. The summed E-state index contributed by atoms with van der Waals surface area (Å²) in [5, 5.41) is 43.7. The molecule has 0 unspecified atom stereocenters. The molecule has 7 N–H and O–H groups in total. The Kier molecular flexibility index (Phi) is 39.8. The van der Waals surface area contributed by atoms with Crippen molar-refractivity contribution < 1.29 is 141 Å². The first-order chi connectivity index (χ1) is 54.0. The molecular weight excluding hydrogens is 1510 g/mol. The highest BCUT2D eigenvalue weighted by atomic mass is 32.2. The number of amides is 2. The number of aliphatic hydroxyl groups is 3. The van der Waals surface area contributed by atoms with E-state index in [4.69, 9.17) is 67.3 Å². The lowest BCUT2D eigenvalue weighted by molar-refractivity contribution is -0.271. The maximum absolute atomic E-state index is 13.9. The Bertz CT molecular complexity index is 3820. The van der Waals surface area contributed by atoms with Crippen LogP contribution in [0.2, 0.25) is 0 Å². The summed E-state index contributed by atoms with van der Waals surface area (Å²) in [7, 11) is -3.95. The number of Topliss-reactive ketones (excluding diaryl/α,β-unsaturated/α-hetero) is 2. The normalized spacial score (nSPS) is 17.2. The molecule has 7 rings (SSSR count). The Hall–Kier alpha value is -8.02. The van der Waals surface area contributed by atoms with Gasteiger partial charge < -0.3 is 103 Å². The Morgan fingerprint density at radius 2 is 1.15 bits per heavy atom. The van der Waals surface area contributed by atoms with Crippen LogP contribution in [0.5, 0.6) is 11.5 Å². The summed E-state index contributed by atoms with van der Waals surface area (Å²) in [6, 6.07) is 16.3. The first kappa shape index (κ1) is 91.2. The van der Waals surface area contributed by atoms with E-state index in [9.17, 15) is 75.2 Å². The first-order valence-electron chi connectivity index (χ1n) is 37.0. The van der Waals surface area contributed by atoms with E-state index in [1.54, 1.807) is 18.2 Å². The molecule has 4 aromatic carbocycles. The summed E-state index contributed by atoms with van der Waals surface area (Å²) in [4.78, 5) is 82.8. The minimum atomic E-state index is -3.95.